The van der Waals surface area contributed by atoms with Gasteiger partial charge < -0.3 is 5.32 Å². The van der Waals surface area contributed by atoms with E-state index in [0.29, 0.717) is 15.5 Å². The zero-order chi connectivity index (χ0) is 18.5. The molecule has 0 aliphatic rings. The van der Waals surface area contributed by atoms with Crippen molar-refractivity contribution in [3.05, 3.63) is 69.8 Å². The first kappa shape index (κ1) is 18.0. The number of hydrogen-bond acceptors (Lipinski definition) is 4. The predicted octanol–water partition coefficient (Wildman–Crippen LogP) is 3.57. The lowest BCUT2D eigenvalue weighted by Crippen LogP contribution is -2.34. The molecule has 0 unspecified atom stereocenters. The topological polar surface area (TPSA) is 70.6 Å². The molecule has 0 fully saturated rings. The van der Waals surface area contributed by atoms with Gasteiger partial charge in [-0.3, -0.25) is 9.59 Å². The van der Waals surface area contributed by atoms with Crippen LogP contribution in [-0.2, 0) is 4.79 Å². The lowest BCUT2D eigenvalue weighted by atomic mass is 10.2. The van der Waals surface area contributed by atoms with Crippen molar-refractivity contribution in [2.24, 2.45) is 5.10 Å². The molecule has 0 aliphatic heterocycles. The van der Waals surface area contributed by atoms with E-state index in [0.717, 1.165) is 10.1 Å². The Hall–Kier alpha value is -2.77. The Morgan fingerprint density at radius 1 is 1.19 bits per heavy atom. The molecule has 0 saturated carbocycles. The quantitative estimate of drug-likeness (QED) is 0.517. The molecule has 2 aromatic carbocycles. The summed E-state index contributed by atoms with van der Waals surface area (Å²) in [5.41, 5.74) is 2.77. The minimum Gasteiger partial charge on any atom is -0.342 e. The molecular formula is C18H13ClFN3O2S. The van der Waals surface area contributed by atoms with Crippen molar-refractivity contribution in [3.63, 3.8) is 0 Å². The Morgan fingerprint density at radius 2 is 2.00 bits per heavy atom. The van der Waals surface area contributed by atoms with Gasteiger partial charge in [0.1, 0.15) is 10.7 Å². The van der Waals surface area contributed by atoms with Crippen molar-refractivity contribution in [3.8, 4) is 0 Å². The third-order valence-corrected chi connectivity index (χ3v) is 5.08. The minimum absolute atomic E-state index is 0.260. The Labute approximate surface area is 157 Å². The zero-order valence-corrected chi connectivity index (χ0v) is 14.9. The van der Waals surface area contributed by atoms with Gasteiger partial charge in [0.2, 0.25) is 0 Å². The van der Waals surface area contributed by atoms with Crippen molar-refractivity contribution < 1.29 is 14.0 Å². The maximum atomic E-state index is 13.0. The van der Waals surface area contributed by atoms with Gasteiger partial charge in [0.15, 0.2) is 0 Å². The average Bonchev–Trinajstić information content (AvgIpc) is 2.97. The van der Waals surface area contributed by atoms with E-state index in [-0.39, 0.29) is 6.54 Å². The van der Waals surface area contributed by atoms with Crippen molar-refractivity contribution in [2.75, 3.05) is 6.54 Å². The van der Waals surface area contributed by atoms with E-state index in [2.05, 4.69) is 15.8 Å². The molecule has 0 aliphatic carbocycles. The number of benzene rings is 2. The largest absolute Gasteiger partial charge is 0.342 e. The Bertz CT molecular complexity index is 1000. The Kier molecular flexibility index (Phi) is 5.60. The van der Waals surface area contributed by atoms with Crippen molar-refractivity contribution in [2.45, 2.75) is 0 Å². The van der Waals surface area contributed by atoms with Gasteiger partial charge in [-0.2, -0.15) is 5.10 Å². The molecule has 0 bridgehead atoms. The molecule has 0 radical (unpaired) electrons. The van der Waals surface area contributed by atoms with Gasteiger partial charge in [-0.05, 0) is 23.8 Å². The van der Waals surface area contributed by atoms with E-state index in [1.54, 1.807) is 6.07 Å². The van der Waals surface area contributed by atoms with E-state index >= 15 is 0 Å². The molecule has 0 saturated heterocycles. The number of thiophene rings is 1. The smallest absolute Gasteiger partial charge is 0.263 e. The number of carbonyl (C=O) groups is 2. The van der Waals surface area contributed by atoms with E-state index in [4.69, 9.17) is 11.6 Å². The summed E-state index contributed by atoms with van der Waals surface area (Å²) in [6.45, 7) is -0.260. The highest BCUT2D eigenvalue weighted by Gasteiger charge is 2.17. The summed E-state index contributed by atoms with van der Waals surface area (Å²) in [6, 6.07) is 13.2. The fraction of sp³-hybridized carbons (Fsp3) is 0.0556. The molecule has 132 valence electrons. The highest BCUT2D eigenvalue weighted by molar-refractivity contribution is 7.21. The average molecular weight is 390 g/mol. The molecule has 26 heavy (non-hydrogen) atoms. The predicted molar refractivity (Wildman–Crippen MR) is 101 cm³/mol. The summed E-state index contributed by atoms with van der Waals surface area (Å²) in [6.07, 6.45) is 1.31. The molecule has 1 heterocycles. The fourth-order valence-electron chi connectivity index (χ4n) is 2.21. The van der Waals surface area contributed by atoms with Crippen molar-refractivity contribution in [1.82, 2.24) is 10.7 Å². The third kappa shape index (κ3) is 4.25. The summed E-state index contributed by atoms with van der Waals surface area (Å²) in [5, 5.41) is 7.39. The monoisotopic (exact) mass is 389 g/mol. The van der Waals surface area contributed by atoms with Crippen LogP contribution < -0.4 is 10.7 Å². The number of hydrogen-bond donors (Lipinski definition) is 2. The number of hydrazone groups is 1. The SMILES string of the molecule is O=C(CNC(=O)c1sc2ccccc2c1Cl)NN=Cc1cccc(F)c1. The van der Waals surface area contributed by atoms with Gasteiger partial charge in [-0.1, -0.05) is 41.9 Å². The summed E-state index contributed by atoms with van der Waals surface area (Å²) in [5.74, 6) is -1.34. The van der Waals surface area contributed by atoms with Crippen molar-refractivity contribution in [1.29, 1.82) is 0 Å². The zero-order valence-electron chi connectivity index (χ0n) is 13.3. The van der Waals surface area contributed by atoms with Gasteiger partial charge in [-0.15, -0.1) is 11.3 Å². The molecule has 5 nitrogen and oxygen atoms in total. The standard InChI is InChI=1S/C18H13ClFN3O2S/c19-16-13-6-1-2-7-14(13)26-17(16)18(25)21-10-15(24)23-22-9-11-4-3-5-12(20)8-11/h1-9H,10H2,(H,21,25)(H,23,24). The van der Waals surface area contributed by atoms with Crippen LogP contribution in [0.3, 0.4) is 0 Å². The molecule has 3 aromatic rings. The Balaban J connectivity index is 1.55. The van der Waals surface area contributed by atoms with Gasteiger partial charge in [0, 0.05) is 10.1 Å². The van der Waals surface area contributed by atoms with Crippen LogP contribution in [0.5, 0.6) is 0 Å². The highest BCUT2D eigenvalue weighted by atomic mass is 35.5. The number of nitrogens with zero attached hydrogens (tertiary/aromatic N) is 1. The molecule has 0 atom stereocenters. The second kappa shape index (κ2) is 8.07. The van der Waals surface area contributed by atoms with E-state index < -0.39 is 17.6 Å². The number of halogens is 2. The van der Waals surface area contributed by atoms with Crippen LogP contribution in [0.25, 0.3) is 10.1 Å². The first-order valence-corrected chi connectivity index (χ1v) is 8.77. The van der Waals surface area contributed by atoms with Gasteiger partial charge in [-0.25, -0.2) is 9.82 Å². The molecule has 2 N–H and O–H groups in total. The van der Waals surface area contributed by atoms with Crippen LogP contribution in [-0.4, -0.2) is 24.6 Å². The van der Waals surface area contributed by atoms with Gasteiger partial charge >= 0.3 is 0 Å². The Morgan fingerprint density at radius 3 is 2.77 bits per heavy atom. The molecule has 2 amide bonds. The molecule has 0 spiro atoms. The second-order valence-corrected chi connectivity index (χ2v) is 6.70. The summed E-state index contributed by atoms with van der Waals surface area (Å²) in [4.78, 5) is 24.3. The molecule has 3 rings (SSSR count). The third-order valence-electron chi connectivity index (χ3n) is 3.40. The number of nitrogens with one attached hydrogen (secondary N) is 2. The minimum atomic E-state index is -0.511. The van der Waals surface area contributed by atoms with Crippen LogP contribution in [0.15, 0.2) is 53.6 Å². The summed E-state index contributed by atoms with van der Waals surface area (Å²) >= 11 is 7.49. The normalized spacial score (nSPS) is 11.0. The number of amides is 2. The fourth-order valence-corrected chi connectivity index (χ4v) is 3.64. The molecule has 8 heteroatoms. The highest BCUT2D eigenvalue weighted by Crippen LogP contribution is 2.34. The van der Waals surface area contributed by atoms with Gasteiger partial charge in [0.05, 0.1) is 17.8 Å². The number of rotatable bonds is 5. The molecule has 1 aromatic heterocycles. The van der Waals surface area contributed by atoms with Crippen LogP contribution in [0.2, 0.25) is 5.02 Å². The first-order chi connectivity index (χ1) is 12.5. The van der Waals surface area contributed by atoms with Gasteiger partial charge in [0.25, 0.3) is 11.8 Å². The summed E-state index contributed by atoms with van der Waals surface area (Å²) < 4.78 is 13.9. The van der Waals surface area contributed by atoms with E-state index in [1.165, 1.54) is 35.8 Å². The van der Waals surface area contributed by atoms with Crippen LogP contribution in [0, 0.1) is 5.82 Å². The lowest BCUT2D eigenvalue weighted by molar-refractivity contribution is -0.120. The maximum absolute atomic E-state index is 13.0. The van der Waals surface area contributed by atoms with E-state index in [9.17, 15) is 14.0 Å². The van der Waals surface area contributed by atoms with Crippen LogP contribution in [0.1, 0.15) is 15.2 Å². The van der Waals surface area contributed by atoms with Crippen LogP contribution in [0.4, 0.5) is 4.39 Å². The number of carbonyl (C=O) groups excluding carboxylic acids is 2. The molecular weight excluding hydrogens is 377 g/mol. The second-order valence-electron chi connectivity index (χ2n) is 5.27. The van der Waals surface area contributed by atoms with E-state index in [1.807, 2.05) is 24.3 Å². The lowest BCUT2D eigenvalue weighted by Gasteiger charge is -2.03. The first-order valence-electron chi connectivity index (χ1n) is 7.57. The maximum Gasteiger partial charge on any atom is 0.263 e. The number of fused-ring (bicyclic) bond motifs is 1. The summed E-state index contributed by atoms with van der Waals surface area (Å²) in [7, 11) is 0. The van der Waals surface area contributed by atoms with Crippen molar-refractivity contribution >= 4 is 51.1 Å². The van der Waals surface area contributed by atoms with Crippen LogP contribution >= 0.6 is 22.9 Å².